The van der Waals surface area contributed by atoms with Crippen molar-refractivity contribution in [2.75, 3.05) is 0 Å². The molecule has 0 heterocycles. The number of hydrogen-bond donors (Lipinski definition) is 2. The molecule has 2 rings (SSSR count). The molecule has 0 atom stereocenters. The zero-order valence-electron chi connectivity index (χ0n) is 16.1. The average molecular weight is 426 g/mol. The Labute approximate surface area is 176 Å². The first kappa shape index (κ1) is 22.8. The van der Waals surface area contributed by atoms with Crippen LogP contribution in [0.25, 0.3) is 0 Å². The summed E-state index contributed by atoms with van der Waals surface area (Å²) in [5, 5.41) is 28.7. The molecule has 12 heteroatoms. The summed E-state index contributed by atoms with van der Waals surface area (Å²) in [6.07, 6.45) is 3.11. The van der Waals surface area contributed by atoms with Gasteiger partial charge in [-0.25, -0.2) is 10.9 Å². The van der Waals surface area contributed by atoms with Crippen LogP contribution in [0.15, 0.2) is 58.7 Å². The van der Waals surface area contributed by atoms with E-state index < -0.39 is 9.85 Å². The summed E-state index contributed by atoms with van der Waals surface area (Å²) in [5.74, 6) is -0.777. The maximum Gasteiger partial charge on any atom is 0.269 e. The monoisotopic (exact) mass is 426 g/mol. The van der Waals surface area contributed by atoms with Gasteiger partial charge in [0.15, 0.2) is 0 Å². The van der Waals surface area contributed by atoms with E-state index in [4.69, 9.17) is 0 Å². The van der Waals surface area contributed by atoms with E-state index in [0.717, 1.165) is 0 Å². The Kier molecular flexibility index (Phi) is 8.46. The molecular formula is C19H18N6O6. The Hall–Kier alpha value is -4.48. The van der Waals surface area contributed by atoms with Gasteiger partial charge >= 0.3 is 0 Å². The molecule has 0 radical (unpaired) electrons. The molecule has 0 fully saturated rings. The number of hydrogen-bond acceptors (Lipinski definition) is 8. The van der Waals surface area contributed by atoms with Crippen LogP contribution in [0.1, 0.15) is 30.4 Å². The number of carbonyl (C=O) groups is 2. The fraction of sp³-hybridized carbons (Fsp3) is 0.158. The van der Waals surface area contributed by atoms with Gasteiger partial charge in [-0.1, -0.05) is 0 Å². The van der Waals surface area contributed by atoms with E-state index in [1.165, 1.54) is 61.0 Å². The van der Waals surface area contributed by atoms with Crippen molar-refractivity contribution in [2.24, 2.45) is 10.2 Å². The minimum atomic E-state index is -0.514. The molecule has 0 saturated heterocycles. The second-order valence-corrected chi connectivity index (χ2v) is 6.14. The molecule has 0 bridgehead atoms. The van der Waals surface area contributed by atoms with Crippen molar-refractivity contribution in [1.29, 1.82) is 0 Å². The Morgan fingerprint density at radius 1 is 0.742 bits per heavy atom. The van der Waals surface area contributed by atoms with Gasteiger partial charge in [0.2, 0.25) is 11.8 Å². The van der Waals surface area contributed by atoms with Crippen LogP contribution in [0, 0.1) is 20.2 Å². The predicted molar refractivity (Wildman–Crippen MR) is 112 cm³/mol. The van der Waals surface area contributed by atoms with Crippen LogP contribution in [0.4, 0.5) is 11.4 Å². The van der Waals surface area contributed by atoms with Crippen LogP contribution in [0.5, 0.6) is 0 Å². The first-order chi connectivity index (χ1) is 14.8. The van der Waals surface area contributed by atoms with Crippen molar-refractivity contribution in [3.63, 3.8) is 0 Å². The lowest BCUT2D eigenvalue weighted by Gasteiger charge is -2.00. The molecule has 2 N–H and O–H groups in total. The number of non-ortho nitro benzene ring substituents is 2. The summed E-state index contributed by atoms with van der Waals surface area (Å²) >= 11 is 0. The van der Waals surface area contributed by atoms with Crippen LogP contribution in [-0.4, -0.2) is 34.1 Å². The lowest BCUT2D eigenvalue weighted by molar-refractivity contribution is -0.385. The second kappa shape index (κ2) is 11.5. The standard InChI is InChI=1S/C19H18N6O6/c26-18(22-20-12-14-4-8-16(9-5-14)24(28)29)2-1-3-19(27)23-21-13-15-6-10-17(11-7-15)25(30)31/h4-13H,1-3H2,(H,22,26)(H,23,27)/b20-12-,21-13?. The summed E-state index contributed by atoms with van der Waals surface area (Å²) in [6.45, 7) is 0. The molecule has 12 nitrogen and oxygen atoms in total. The molecule has 2 amide bonds. The number of nitrogens with one attached hydrogen (secondary N) is 2. The van der Waals surface area contributed by atoms with Crippen molar-refractivity contribution in [2.45, 2.75) is 19.3 Å². The van der Waals surface area contributed by atoms with Gasteiger partial charge < -0.3 is 0 Å². The first-order valence-corrected chi connectivity index (χ1v) is 8.98. The third kappa shape index (κ3) is 8.19. The summed E-state index contributed by atoms with van der Waals surface area (Å²) in [5.41, 5.74) is 5.68. The minimum Gasteiger partial charge on any atom is -0.273 e. The average Bonchev–Trinajstić information content (AvgIpc) is 2.74. The highest BCUT2D eigenvalue weighted by Crippen LogP contribution is 2.11. The molecular weight excluding hydrogens is 408 g/mol. The minimum absolute atomic E-state index is 0.0449. The Morgan fingerprint density at radius 2 is 1.10 bits per heavy atom. The van der Waals surface area contributed by atoms with Gasteiger partial charge in [0.05, 0.1) is 22.3 Å². The Morgan fingerprint density at radius 3 is 1.42 bits per heavy atom. The van der Waals surface area contributed by atoms with Crippen molar-refractivity contribution in [3.05, 3.63) is 79.9 Å². The largest absolute Gasteiger partial charge is 0.273 e. The van der Waals surface area contributed by atoms with Crippen molar-refractivity contribution < 1.29 is 19.4 Å². The lowest BCUT2D eigenvalue weighted by Crippen LogP contribution is -2.20. The van der Waals surface area contributed by atoms with Crippen molar-refractivity contribution >= 4 is 35.6 Å². The summed E-state index contributed by atoms with van der Waals surface area (Å²) in [7, 11) is 0. The SMILES string of the molecule is O=C(CCCC(=O)N/N=C\c1ccc([N+](=O)[O-])cc1)NN=Cc1ccc([N+](=O)[O-])cc1. The molecule has 0 aliphatic carbocycles. The van der Waals surface area contributed by atoms with Crippen LogP contribution >= 0.6 is 0 Å². The quantitative estimate of drug-likeness (QED) is 0.335. The van der Waals surface area contributed by atoms with Gasteiger partial charge in [-0.15, -0.1) is 0 Å². The van der Waals surface area contributed by atoms with E-state index in [9.17, 15) is 29.8 Å². The third-order valence-corrected chi connectivity index (χ3v) is 3.82. The summed E-state index contributed by atoms with van der Waals surface area (Å²) in [6, 6.07) is 11.3. The molecule has 2 aromatic rings. The van der Waals surface area contributed by atoms with Crippen LogP contribution in [-0.2, 0) is 9.59 Å². The van der Waals surface area contributed by atoms with E-state index in [2.05, 4.69) is 21.1 Å². The number of carbonyl (C=O) groups excluding carboxylic acids is 2. The highest BCUT2D eigenvalue weighted by atomic mass is 16.6. The maximum atomic E-state index is 11.7. The number of nitrogens with zero attached hydrogens (tertiary/aromatic N) is 4. The fourth-order valence-corrected chi connectivity index (χ4v) is 2.24. The van der Waals surface area contributed by atoms with Crippen molar-refractivity contribution in [3.8, 4) is 0 Å². The Balaban J connectivity index is 1.65. The molecule has 0 aromatic heterocycles. The van der Waals surface area contributed by atoms with Gasteiger partial charge in [-0.2, -0.15) is 10.2 Å². The topological polar surface area (TPSA) is 169 Å². The van der Waals surface area contributed by atoms with Gasteiger partial charge in [0, 0.05) is 37.1 Å². The Bertz CT molecular complexity index is 920. The van der Waals surface area contributed by atoms with E-state index in [1.807, 2.05) is 0 Å². The number of hydrazone groups is 2. The fourth-order valence-electron chi connectivity index (χ4n) is 2.24. The second-order valence-electron chi connectivity index (χ2n) is 6.14. The van der Waals surface area contributed by atoms with Gasteiger partial charge in [0.1, 0.15) is 0 Å². The zero-order valence-corrected chi connectivity index (χ0v) is 16.1. The smallest absolute Gasteiger partial charge is 0.269 e. The summed E-state index contributed by atoms with van der Waals surface area (Å²) < 4.78 is 0. The predicted octanol–water partition coefficient (Wildman–Crippen LogP) is 2.27. The maximum absolute atomic E-state index is 11.7. The molecule has 0 spiro atoms. The first-order valence-electron chi connectivity index (χ1n) is 8.98. The van der Waals surface area contributed by atoms with E-state index in [0.29, 0.717) is 11.1 Å². The normalized spacial score (nSPS) is 10.8. The zero-order chi connectivity index (χ0) is 22.6. The highest BCUT2D eigenvalue weighted by molar-refractivity contribution is 5.84. The van der Waals surface area contributed by atoms with Crippen LogP contribution in [0.3, 0.4) is 0 Å². The highest BCUT2D eigenvalue weighted by Gasteiger charge is 2.05. The van der Waals surface area contributed by atoms with Gasteiger partial charge in [0.25, 0.3) is 11.4 Å². The molecule has 2 aromatic carbocycles. The summed E-state index contributed by atoms with van der Waals surface area (Å²) in [4.78, 5) is 43.5. The number of rotatable bonds is 10. The number of amides is 2. The van der Waals surface area contributed by atoms with Crippen LogP contribution < -0.4 is 10.9 Å². The number of nitro benzene ring substituents is 2. The molecule has 0 unspecified atom stereocenters. The third-order valence-electron chi connectivity index (χ3n) is 3.82. The number of benzene rings is 2. The van der Waals surface area contributed by atoms with Crippen molar-refractivity contribution in [1.82, 2.24) is 10.9 Å². The van der Waals surface area contributed by atoms with Gasteiger partial charge in [-0.05, 0) is 41.8 Å². The number of nitro groups is 2. The molecule has 31 heavy (non-hydrogen) atoms. The van der Waals surface area contributed by atoms with E-state index >= 15 is 0 Å². The van der Waals surface area contributed by atoms with Crippen LogP contribution in [0.2, 0.25) is 0 Å². The van der Waals surface area contributed by atoms with E-state index in [-0.39, 0.29) is 42.5 Å². The van der Waals surface area contributed by atoms with Gasteiger partial charge in [-0.3, -0.25) is 29.8 Å². The molecule has 0 aliphatic heterocycles. The lowest BCUT2D eigenvalue weighted by atomic mass is 10.2. The molecule has 0 saturated carbocycles. The molecule has 0 aliphatic rings. The molecule has 160 valence electrons. The van der Waals surface area contributed by atoms with E-state index in [1.54, 1.807) is 0 Å².